The van der Waals surface area contributed by atoms with Crippen LogP contribution in [0.25, 0.3) is 11.0 Å². The zero-order chi connectivity index (χ0) is 15.7. The van der Waals surface area contributed by atoms with Gasteiger partial charge >= 0.3 is 0 Å². The summed E-state index contributed by atoms with van der Waals surface area (Å²) in [4.78, 5) is 11.4. The Morgan fingerprint density at radius 1 is 1.27 bits per heavy atom. The summed E-state index contributed by atoms with van der Waals surface area (Å²) in [5, 5.41) is 8.03. The van der Waals surface area contributed by atoms with E-state index in [9.17, 15) is 0 Å². The topological polar surface area (TPSA) is 117 Å². The fraction of sp³-hybridized carbons (Fsp3) is 0.0625. The van der Waals surface area contributed by atoms with Crippen molar-refractivity contribution in [2.45, 2.75) is 6.92 Å². The van der Waals surface area contributed by atoms with Gasteiger partial charge in [-0.25, -0.2) is 9.97 Å². The Morgan fingerprint density at radius 2 is 2.09 bits per heavy atom. The summed E-state index contributed by atoms with van der Waals surface area (Å²) in [6.45, 7) is 1.90. The molecule has 0 aliphatic heterocycles. The predicted molar refractivity (Wildman–Crippen MR) is 87.6 cm³/mol. The molecule has 0 bridgehead atoms. The average molecular weight is 290 g/mol. The maximum absolute atomic E-state index is 8.03. The summed E-state index contributed by atoms with van der Waals surface area (Å²) >= 11 is 0. The van der Waals surface area contributed by atoms with Crippen LogP contribution in [0.1, 0.15) is 17.0 Å². The minimum Gasteiger partial charge on any atom is -0.398 e. The number of benzene rings is 1. The number of nitrogens with one attached hydrogen (secondary N) is 2. The van der Waals surface area contributed by atoms with Crippen LogP contribution in [0.5, 0.6) is 0 Å². The predicted octanol–water partition coefficient (Wildman–Crippen LogP) is 1.85. The van der Waals surface area contributed by atoms with Crippen molar-refractivity contribution in [2.24, 2.45) is 0 Å². The highest BCUT2D eigenvalue weighted by atomic mass is 14.9. The molecule has 2 heterocycles. The van der Waals surface area contributed by atoms with Crippen LogP contribution in [0, 0.1) is 24.2 Å². The van der Waals surface area contributed by atoms with E-state index >= 15 is 0 Å². The molecular formula is C16H14N6. The van der Waals surface area contributed by atoms with Gasteiger partial charge in [0.2, 0.25) is 0 Å². The molecule has 0 amide bonds. The second-order valence-electron chi connectivity index (χ2n) is 4.84. The van der Waals surface area contributed by atoms with Crippen molar-refractivity contribution < 1.29 is 0 Å². The third-order valence-electron chi connectivity index (χ3n) is 3.19. The molecule has 0 aliphatic rings. The molecule has 22 heavy (non-hydrogen) atoms. The van der Waals surface area contributed by atoms with Crippen LogP contribution in [-0.4, -0.2) is 20.7 Å². The SMILES string of the molecule is Cc1nc2ccc(C#CC(=N)c3c(N)ccnc3N)cc2[nH]1. The van der Waals surface area contributed by atoms with Gasteiger partial charge in [-0.05, 0) is 37.1 Å². The maximum atomic E-state index is 8.03. The number of pyridine rings is 1. The van der Waals surface area contributed by atoms with Gasteiger partial charge < -0.3 is 16.5 Å². The molecule has 0 saturated carbocycles. The molecule has 0 fully saturated rings. The molecule has 0 aliphatic carbocycles. The summed E-state index contributed by atoms with van der Waals surface area (Å²) in [7, 11) is 0. The molecule has 108 valence electrons. The summed E-state index contributed by atoms with van der Waals surface area (Å²) in [6, 6.07) is 7.24. The Balaban J connectivity index is 1.95. The second-order valence-corrected chi connectivity index (χ2v) is 4.84. The van der Waals surface area contributed by atoms with Gasteiger partial charge in [0.25, 0.3) is 0 Å². The van der Waals surface area contributed by atoms with Gasteiger partial charge in [0, 0.05) is 17.4 Å². The quantitative estimate of drug-likeness (QED) is 0.404. The van der Waals surface area contributed by atoms with E-state index in [-0.39, 0.29) is 11.5 Å². The Morgan fingerprint density at radius 3 is 2.86 bits per heavy atom. The van der Waals surface area contributed by atoms with Crippen LogP contribution in [0.4, 0.5) is 11.5 Å². The lowest BCUT2D eigenvalue weighted by atomic mass is 10.1. The van der Waals surface area contributed by atoms with Crippen molar-refractivity contribution in [3.05, 3.63) is 47.4 Å². The highest BCUT2D eigenvalue weighted by Crippen LogP contribution is 2.17. The van der Waals surface area contributed by atoms with E-state index in [0.717, 1.165) is 22.4 Å². The van der Waals surface area contributed by atoms with Crippen molar-refractivity contribution in [1.82, 2.24) is 15.0 Å². The van der Waals surface area contributed by atoms with Crippen molar-refractivity contribution in [3.63, 3.8) is 0 Å². The van der Waals surface area contributed by atoms with E-state index in [1.54, 1.807) is 6.07 Å². The van der Waals surface area contributed by atoms with Gasteiger partial charge in [0.05, 0.1) is 16.6 Å². The largest absolute Gasteiger partial charge is 0.398 e. The Labute approximate surface area is 127 Å². The number of aromatic nitrogens is 3. The zero-order valence-electron chi connectivity index (χ0n) is 11.9. The Hall–Kier alpha value is -3.33. The van der Waals surface area contributed by atoms with Crippen molar-refractivity contribution in [2.75, 3.05) is 11.5 Å². The molecular weight excluding hydrogens is 276 g/mol. The number of nitrogen functional groups attached to an aromatic ring is 2. The van der Waals surface area contributed by atoms with E-state index in [1.807, 2.05) is 25.1 Å². The third-order valence-corrected chi connectivity index (χ3v) is 3.19. The molecule has 0 atom stereocenters. The molecule has 0 spiro atoms. The highest BCUT2D eigenvalue weighted by molar-refractivity contribution is 6.16. The molecule has 6 heteroatoms. The fourth-order valence-electron chi connectivity index (χ4n) is 2.18. The fourth-order valence-corrected chi connectivity index (χ4v) is 2.18. The van der Waals surface area contributed by atoms with Crippen molar-refractivity contribution in [1.29, 1.82) is 5.41 Å². The standard InChI is InChI=1S/C16H14N6/c1-9-21-13-5-3-10(8-14(13)22-9)2-4-11(17)15-12(18)6-7-20-16(15)19/h3,5-8,17H,1H3,(H,21,22)(H4,18,19,20). The van der Waals surface area contributed by atoms with Crippen LogP contribution in [0.15, 0.2) is 30.5 Å². The van der Waals surface area contributed by atoms with Crippen LogP contribution in [-0.2, 0) is 0 Å². The van der Waals surface area contributed by atoms with Crippen LogP contribution < -0.4 is 11.5 Å². The van der Waals surface area contributed by atoms with Crippen molar-refractivity contribution >= 4 is 28.3 Å². The highest BCUT2D eigenvalue weighted by Gasteiger charge is 2.08. The molecule has 0 unspecified atom stereocenters. The number of hydrogen-bond acceptors (Lipinski definition) is 5. The van der Waals surface area contributed by atoms with Crippen molar-refractivity contribution in [3.8, 4) is 11.8 Å². The first-order valence-electron chi connectivity index (χ1n) is 6.62. The lowest BCUT2D eigenvalue weighted by Gasteiger charge is -2.04. The maximum Gasteiger partial charge on any atom is 0.135 e. The summed E-state index contributed by atoms with van der Waals surface area (Å²) < 4.78 is 0. The third kappa shape index (κ3) is 2.47. The van der Waals surface area contributed by atoms with Gasteiger partial charge in [-0.1, -0.05) is 5.92 Å². The van der Waals surface area contributed by atoms with Gasteiger partial charge in [-0.2, -0.15) is 0 Å². The Kier molecular flexibility index (Phi) is 3.24. The van der Waals surface area contributed by atoms with Gasteiger partial charge in [0.15, 0.2) is 0 Å². The first-order chi connectivity index (χ1) is 10.5. The number of rotatable bonds is 1. The molecule has 0 radical (unpaired) electrons. The zero-order valence-corrected chi connectivity index (χ0v) is 11.9. The number of nitrogens with two attached hydrogens (primary N) is 2. The molecule has 1 aromatic carbocycles. The number of anilines is 2. The van der Waals surface area contributed by atoms with Crippen LogP contribution in [0.3, 0.4) is 0 Å². The van der Waals surface area contributed by atoms with Crippen LogP contribution in [0.2, 0.25) is 0 Å². The molecule has 6 N–H and O–H groups in total. The number of nitrogens with zero attached hydrogens (tertiary/aromatic N) is 2. The number of hydrogen-bond donors (Lipinski definition) is 4. The van der Waals surface area contributed by atoms with Gasteiger partial charge in [-0.15, -0.1) is 0 Å². The normalized spacial score (nSPS) is 10.2. The lowest BCUT2D eigenvalue weighted by molar-refractivity contribution is 1.17. The summed E-state index contributed by atoms with van der Waals surface area (Å²) in [5.41, 5.74) is 15.0. The van der Waals surface area contributed by atoms with E-state index in [0.29, 0.717) is 11.3 Å². The number of fused-ring (bicyclic) bond motifs is 1. The first-order valence-corrected chi connectivity index (χ1v) is 6.62. The minimum atomic E-state index is 0.0454. The molecule has 0 saturated heterocycles. The van der Waals surface area contributed by atoms with Crippen LogP contribution >= 0.6 is 0 Å². The van der Waals surface area contributed by atoms with E-state index in [2.05, 4.69) is 26.8 Å². The molecule has 3 rings (SSSR count). The average Bonchev–Trinajstić information content (AvgIpc) is 2.84. The summed E-state index contributed by atoms with van der Waals surface area (Å²) in [6.07, 6.45) is 1.50. The van der Waals surface area contributed by atoms with E-state index < -0.39 is 0 Å². The number of imidazole rings is 1. The molecule has 6 nitrogen and oxygen atoms in total. The van der Waals surface area contributed by atoms with E-state index in [1.165, 1.54) is 6.20 Å². The van der Waals surface area contributed by atoms with Gasteiger partial charge in [-0.3, -0.25) is 5.41 Å². The summed E-state index contributed by atoms with van der Waals surface area (Å²) in [5.74, 6) is 6.76. The number of aryl methyl sites for hydroxylation is 1. The lowest BCUT2D eigenvalue weighted by Crippen LogP contribution is -2.07. The number of aromatic amines is 1. The number of H-pyrrole nitrogens is 1. The molecule has 2 aromatic heterocycles. The monoisotopic (exact) mass is 290 g/mol. The first kappa shape index (κ1) is 13.6. The minimum absolute atomic E-state index is 0.0454. The molecule has 3 aromatic rings. The van der Waals surface area contributed by atoms with Gasteiger partial charge in [0.1, 0.15) is 17.4 Å². The Bertz CT molecular complexity index is 922. The smallest absolute Gasteiger partial charge is 0.135 e. The van der Waals surface area contributed by atoms with E-state index in [4.69, 9.17) is 16.9 Å². The second kappa shape index (κ2) is 5.22.